The maximum Gasteiger partial charge on any atom is 0.0405 e. The van der Waals surface area contributed by atoms with E-state index in [-0.39, 0.29) is 0 Å². The molecule has 0 bridgehead atoms. The number of benzene rings is 1. The zero-order chi connectivity index (χ0) is 13.9. The van der Waals surface area contributed by atoms with E-state index in [0.717, 1.165) is 11.4 Å². The maximum atomic E-state index is 6.57. The highest BCUT2D eigenvalue weighted by Crippen LogP contribution is 2.43. The maximum absolute atomic E-state index is 6.57. The summed E-state index contributed by atoms with van der Waals surface area (Å²) in [5.41, 5.74) is 17.5. The normalized spacial score (nSPS) is 22.0. The Kier molecular flexibility index (Phi) is 4.18. The van der Waals surface area contributed by atoms with Crippen LogP contribution in [0.2, 0.25) is 0 Å². The van der Waals surface area contributed by atoms with Gasteiger partial charge in [-0.3, -0.25) is 0 Å². The first-order valence-electron chi connectivity index (χ1n) is 8.45. The van der Waals surface area contributed by atoms with Crippen molar-refractivity contribution in [2.45, 2.75) is 76.0 Å². The lowest BCUT2D eigenvalue weighted by molar-refractivity contribution is 0.438. The Labute approximate surface area is 122 Å². The third-order valence-corrected chi connectivity index (χ3v) is 5.41. The fourth-order valence-corrected chi connectivity index (χ4v) is 4.29. The van der Waals surface area contributed by atoms with Gasteiger partial charge in [0.05, 0.1) is 0 Å². The van der Waals surface area contributed by atoms with Crippen LogP contribution in [0.4, 0.5) is 11.4 Å². The summed E-state index contributed by atoms with van der Waals surface area (Å²) in [7, 11) is 0. The molecule has 0 unspecified atom stereocenters. The van der Waals surface area contributed by atoms with Crippen molar-refractivity contribution in [2.75, 3.05) is 11.5 Å². The van der Waals surface area contributed by atoms with Gasteiger partial charge in [-0.05, 0) is 49.1 Å². The molecule has 0 atom stereocenters. The SMILES string of the molecule is Nc1ccc(C2CCCCC2)c(N)c1C1CCCCC1. The molecule has 2 fully saturated rings. The molecule has 2 saturated carbocycles. The zero-order valence-corrected chi connectivity index (χ0v) is 12.5. The van der Waals surface area contributed by atoms with E-state index in [1.165, 1.54) is 75.3 Å². The first-order chi connectivity index (χ1) is 9.77. The molecule has 0 aliphatic heterocycles. The Balaban J connectivity index is 1.92. The lowest BCUT2D eigenvalue weighted by Crippen LogP contribution is -2.14. The van der Waals surface area contributed by atoms with Crippen LogP contribution in [0.15, 0.2) is 12.1 Å². The molecule has 2 heteroatoms. The van der Waals surface area contributed by atoms with Crippen LogP contribution >= 0.6 is 0 Å². The minimum atomic E-state index is 0.604. The smallest absolute Gasteiger partial charge is 0.0405 e. The molecule has 1 aromatic rings. The third-order valence-electron chi connectivity index (χ3n) is 5.41. The Hall–Kier alpha value is -1.18. The molecule has 0 spiro atoms. The fraction of sp³-hybridized carbons (Fsp3) is 0.667. The average molecular weight is 272 g/mol. The summed E-state index contributed by atoms with van der Waals surface area (Å²) >= 11 is 0. The fourth-order valence-electron chi connectivity index (χ4n) is 4.29. The second-order valence-electron chi connectivity index (χ2n) is 6.74. The van der Waals surface area contributed by atoms with E-state index in [4.69, 9.17) is 11.5 Å². The van der Waals surface area contributed by atoms with Gasteiger partial charge < -0.3 is 11.5 Å². The first-order valence-corrected chi connectivity index (χ1v) is 8.45. The number of hydrogen-bond donors (Lipinski definition) is 2. The minimum Gasteiger partial charge on any atom is -0.398 e. The largest absolute Gasteiger partial charge is 0.398 e. The van der Waals surface area contributed by atoms with Gasteiger partial charge in [0.1, 0.15) is 0 Å². The van der Waals surface area contributed by atoms with Crippen LogP contribution in [0.1, 0.15) is 87.2 Å². The highest BCUT2D eigenvalue weighted by molar-refractivity contribution is 5.67. The predicted molar refractivity (Wildman–Crippen MR) is 86.9 cm³/mol. The van der Waals surface area contributed by atoms with E-state index in [0.29, 0.717) is 11.8 Å². The summed E-state index contributed by atoms with van der Waals surface area (Å²) < 4.78 is 0. The van der Waals surface area contributed by atoms with Gasteiger partial charge in [-0.25, -0.2) is 0 Å². The van der Waals surface area contributed by atoms with Gasteiger partial charge in [0.2, 0.25) is 0 Å². The molecular formula is C18H28N2. The van der Waals surface area contributed by atoms with Crippen molar-refractivity contribution in [3.63, 3.8) is 0 Å². The van der Waals surface area contributed by atoms with Gasteiger partial charge in [0.25, 0.3) is 0 Å². The number of hydrogen-bond acceptors (Lipinski definition) is 2. The van der Waals surface area contributed by atoms with Crippen molar-refractivity contribution >= 4 is 11.4 Å². The van der Waals surface area contributed by atoms with Crippen molar-refractivity contribution in [3.8, 4) is 0 Å². The topological polar surface area (TPSA) is 52.0 Å². The average Bonchev–Trinajstić information content (AvgIpc) is 2.49. The number of anilines is 2. The second kappa shape index (κ2) is 6.07. The molecule has 0 saturated heterocycles. The van der Waals surface area contributed by atoms with Crippen molar-refractivity contribution < 1.29 is 0 Å². The van der Waals surface area contributed by atoms with Crippen LogP contribution in [0.3, 0.4) is 0 Å². The quantitative estimate of drug-likeness (QED) is 0.749. The Bertz CT molecular complexity index is 455. The van der Waals surface area contributed by atoms with Crippen LogP contribution in [0.25, 0.3) is 0 Å². The van der Waals surface area contributed by atoms with E-state index in [1.54, 1.807) is 0 Å². The molecule has 0 radical (unpaired) electrons. The Morgan fingerprint density at radius 1 is 0.700 bits per heavy atom. The molecule has 4 N–H and O–H groups in total. The molecule has 110 valence electrons. The molecular weight excluding hydrogens is 244 g/mol. The van der Waals surface area contributed by atoms with Gasteiger partial charge in [0, 0.05) is 16.9 Å². The van der Waals surface area contributed by atoms with Gasteiger partial charge in [-0.1, -0.05) is 44.6 Å². The zero-order valence-electron chi connectivity index (χ0n) is 12.5. The Morgan fingerprint density at radius 3 is 1.85 bits per heavy atom. The van der Waals surface area contributed by atoms with E-state index in [9.17, 15) is 0 Å². The molecule has 2 aliphatic rings. The van der Waals surface area contributed by atoms with Crippen molar-refractivity contribution in [3.05, 3.63) is 23.3 Å². The van der Waals surface area contributed by atoms with Crippen molar-refractivity contribution in [2.24, 2.45) is 0 Å². The first kappa shape index (κ1) is 13.8. The third kappa shape index (κ3) is 2.65. The monoisotopic (exact) mass is 272 g/mol. The summed E-state index contributed by atoms with van der Waals surface area (Å²) in [4.78, 5) is 0. The summed E-state index contributed by atoms with van der Waals surface area (Å²) in [6.45, 7) is 0. The van der Waals surface area contributed by atoms with Crippen molar-refractivity contribution in [1.82, 2.24) is 0 Å². The summed E-state index contributed by atoms with van der Waals surface area (Å²) in [6, 6.07) is 4.32. The second-order valence-corrected chi connectivity index (χ2v) is 6.74. The highest BCUT2D eigenvalue weighted by Gasteiger charge is 2.24. The Morgan fingerprint density at radius 2 is 1.25 bits per heavy atom. The highest BCUT2D eigenvalue weighted by atomic mass is 14.6. The van der Waals surface area contributed by atoms with Crippen LogP contribution in [-0.2, 0) is 0 Å². The molecule has 0 amide bonds. The van der Waals surface area contributed by atoms with E-state index >= 15 is 0 Å². The van der Waals surface area contributed by atoms with Crippen LogP contribution < -0.4 is 11.5 Å². The number of rotatable bonds is 2. The number of nitrogens with two attached hydrogens (primary N) is 2. The summed E-state index contributed by atoms with van der Waals surface area (Å²) in [6.07, 6.45) is 13.3. The van der Waals surface area contributed by atoms with E-state index in [1.807, 2.05) is 0 Å². The minimum absolute atomic E-state index is 0.604. The lowest BCUT2D eigenvalue weighted by Gasteiger charge is -2.29. The summed E-state index contributed by atoms with van der Waals surface area (Å²) in [5.74, 6) is 1.28. The molecule has 0 heterocycles. The van der Waals surface area contributed by atoms with E-state index in [2.05, 4.69) is 12.1 Å². The van der Waals surface area contributed by atoms with Crippen LogP contribution in [0, 0.1) is 0 Å². The molecule has 20 heavy (non-hydrogen) atoms. The molecule has 2 nitrogen and oxygen atoms in total. The number of nitrogen functional groups attached to an aromatic ring is 2. The van der Waals surface area contributed by atoms with E-state index < -0.39 is 0 Å². The standard InChI is InChI=1S/C18H28N2/c19-16-12-11-15(13-7-3-1-4-8-13)18(20)17(16)14-9-5-2-6-10-14/h11-14H,1-10,19-20H2. The molecule has 3 rings (SSSR count). The molecule has 2 aliphatic carbocycles. The van der Waals surface area contributed by atoms with Gasteiger partial charge in [0.15, 0.2) is 0 Å². The predicted octanol–water partition coefficient (Wildman–Crippen LogP) is 4.95. The van der Waals surface area contributed by atoms with Gasteiger partial charge >= 0.3 is 0 Å². The molecule has 1 aromatic carbocycles. The van der Waals surface area contributed by atoms with Crippen molar-refractivity contribution in [1.29, 1.82) is 0 Å². The van der Waals surface area contributed by atoms with Crippen LogP contribution in [0.5, 0.6) is 0 Å². The van der Waals surface area contributed by atoms with Crippen LogP contribution in [-0.4, -0.2) is 0 Å². The molecule has 0 aromatic heterocycles. The van der Waals surface area contributed by atoms with Gasteiger partial charge in [-0.2, -0.15) is 0 Å². The van der Waals surface area contributed by atoms with Gasteiger partial charge in [-0.15, -0.1) is 0 Å². The lowest BCUT2D eigenvalue weighted by atomic mass is 9.78. The summed E-state index contributed by atoms with van der Waals surface area (Å²) in [5, 5.41) is 0.